The summed E-state index contributed by atoms with van der Waals surface area (Å²) in [6.45, 7) is 1.95. The Bertz CT molecular complexity index is 572. The number of amides is 1. The van der Waals surface area contributed by atoms with Crippen molar-refractivity contribution in [1.82, 2.24) is 4.90 Å². The number of hydrogen-bond acceptors (Lipinski definition) is 6. The van der Waals surface area contributed by atoms with E-state index in [0.717, 1.165) is 11.3 Å². The second kappa shape index (κ2) is 6.19. The monoisotopic (exact) mass is 314 g/mol. The molecule has 9 heteroatoms. The predicted molar refractivity (Wildman–Crippen MR) is 73.1 cm³/mol. The number of carboxylic acid groups (broad SMARTS) is 1. The van der Waals surface area contributed by atoms with Crippen LogP contribution in [0.3, 0.4) is 0 Å². The minimum Gasteiger partial charge on any atom is -0.479 e. The zero-order valence-corrected chi connectivity index (χ0v) is 12.0. The number of morpholine rings is 1. The molecule has 0 bridgehead atoms. The average Bonchev–Trinajstić information content (AvgIpc) is 2.90. The molecule has 2 rings (SSSR count). The summed E-state index contributed by atoms with van der Waals surface area (Å²) in [5, 5.41) is 19.9. The van der Waals surface area contributed by atoms with Crippen LogP contribution in [0.5, 0.6) is 0 Å². The number of carboxylic acids is 1. The number of carbonyl (C=O) groups excluding carboxylic acids is 1. The lowest BCUT2D eigenvalue weighted by atomic mass is 10.0. The number of nitrogens with zero attached hydrogens (tertiary/aromatic N) is 2. The molecular weight excluding hydrogens is 300 g/mol. The molecule has 21 heavy (non-hydrogen) atoms. The van der Waals surface area contributed by atoms with E-state index >= 15 is 0 Å². The Balaban J connectivity index is 2.40. The largest absolute Gasteiger partial charge is 0.479 e. The van der Waals surface area contributed by atoms with Crippen molar-refractivity contribution in [3.63, 3.8) is 0 Å². The molecular formula is C12H14N2O6S. The van der Waals surface area contributed by atoms with E-state index in [-0.39, 0.29) is 17.5 Å². The van der Waals surface area contributed by atoms with Gasteiger partial charge in [-0.05, 0) is 12.5 Å². The van der Waals surface area contributed by atoms with Gasteiger partial charge in [0.25, 0.3) is 0 Å². The van der Waals surface area contributed by atoms with Crippen molar-refractivity contribution in [3.05, 3.63) is 27.1 Å². The summed E-state index contributed by atoms with van der Waals surface area (Å²) in [6, 6.07) is 1.96. The highest BCUT2D eigenvalue weighted by Gasteiger charge is 2.42. The van der Waals surface area contributed by atoms with Gasteiger partial charge in [-0.25, -0.2) is 4.79 Å². The summed E-state index contributed by atoms with van der Waals surface area (Å²) in [5.41, 5.74) is 0. The SMILES string of the molecule is CCCN1C(=O)COC(C(=O)O)C1c1ccc([N+](=O)[O-])s1. The van der Waals surface area contributed by atoms with Crippen LogP contribution in [-0.4, -0.2) is 46.1 Å². The summed E-state index contributed by atoms with van der Waals surface area (Å²) in [4.78, 5) is 35.4. The zero-order chi connectivity index (χ0) is 15.6. The van der Waals surface area contributed by atoms with Crippen LogP contribution >= 0.6 is 11.3 Å². The number of rotatable bonds is 5. The molecule has 1 aromatic rings. The second-order valence-electron chi connectivity index (χ2n) is 4.53. The third-order valence-electron chi connectivity index (χ3n) is 3.12. The molecule has 0 spiro atoms. The molecule has 1 aliphatic heterocycles. The van der Waals surface area contributed by atoms with Gasteiger partial charge in [-0.15, -0.1) is 0 Å². The minimum absolute atomic E-state index is 0.0939. The van der Waals surface area contributed by atoms with Crippen LogP contribution in [0, 0.1) is 10.1 Å². The van der Waals surface area contributed by atoms with Crippen LogP contribution in [0.2, 0.25) is 0 Å². The molecule has 8 nitrogen and oxygen atoms in total. The Morgan fingerprint density at radius 2 is 2.33 bits per heavy atom. The van der Waals surface area contributed by atoms with E-state index in [1.165, 1.54) is 17.0 Å². The number of carbonyl (C=O) groups is 2. The van der Waals surface area contributed by atoms with Crippen LogP contribution in [0.1, 0.15) is 24.3 Å². The first-order chi connectivity index (χ1) is 9.95. The summed E-state index contributed by atoms with van der Waals surface area (Å²) in [5.74, 6) is -1.50. The van der Waals surface area contributed by atoms with Gasteiger partial charge in [0.1, 0.15) is 12.6 Å². The Labute approximate surface area is 124 Å². The fourth-order valence-electron chi connectivity index (χ4n) is 2.27. The van der Waals surface area contributed by atoms with Crippen molar-refractivity contribution < 1.29 is 24.4 Å². The molecule has 2 unspecified atom stereocenters. The molecule has 0 aromatic carbocycles. The highest BCUT2D eigenvalue weighted by molar-refractivity contribution is 7.15. The summed E-state index contributed by atoms with van der Waals surface area (Å²) >= 11 is 0.864. The third kappa shape index (κ3) is 3.03. The van der Waals surface area contributed by atoms with E-state index in [0.29, 0.717) is 17.8 Å². The smallest absolute Gasteiger partial charge is 0.335 e. The minimum atomic E-state index is -1.22. The van der Waals surface area contributed by atoms with Gasteiger partial charge in [0.15, 0.2) is 6.10 Å². The second-order valence-corrected chi connectivity index (χ2v) is 5.63. The fourth-order valence-corrected chi connectivity index (χ4v) is 3.23. The fraction of sp³-hybridized carbons (Fsp3) is 0.500. The molecule has 0 saturated carbocycles. The van der Waals surface area contributed by atoms with Crippen molar-refractivity contribution in [2.24, 2.45) is 0 Å². The normalized spacial score (nSPS) is 22.3. The van der Waals surface area contributed by atoms with Gasteiger partial charge in [0, 0.05) is 17.5 Å². The van der Waals surface area contributed by atoms with Crippen molar-refractivity contribution in [2.45, 2.75) is 25.5 Å². The standard InChI is InChI=1S/C12H14N2O6S/c1-2-5-13-8(15)6-20-11(12(16)17)10(13)7-3-4-9(21-7)14(18)19/h3-4,10-11H,2,5-6H2,1H3,(H,16,17). The highest BCUT2D eigenvalue weighted by atomic mass is 32.1. The first-order valence-corrected chi connectivity index (χ1v) is 7.15. The lowest BCUT2D eigenvalue weighted by Gasteiger charge is -2.38. The lowest BCUT2D eigenvalue weighted by molar-refractivity contribution is -0.380. The van der Waals surface area contributed by atoms with Gasteiger partial charge in [-0.2, -0.15) is 0 Å². The van der Waals surface area contributed by atoms with E-state index in [4.69, 9.17) is 4.74 Å². The molecule has 114 valence electrons. The first kappa shape index (κ1) is 15.4. The molecule has 0 aliphatic carbocycles. The first-order valence-electron chi connectivity index (χ1n) is 6.33. The van der Waals surface area contributed by atoms with Crippen LogP contribution in [0.4, 0.5) is 5.00 Å². The van der Waals surface area contributed by atoms with Gasteiger partial charge >= 0.3 is 11.0 Å². The summed E-state index contributed by atoms with van der Waals surface area (Å²) < 4.78 is 5.11. The maximum Gasteiger partial charge on any atom is 0.335 e. The van der Waals surface area contributed by atoms with Crippen LogP contribution in [0.15, 0.2) is 12.1 Å². The van der Waals surface area contributed by atoms with Crippen LogP contribution in [-0.2, 0) is 14.3 Å². The Kier molecular flexibility index (Phi) is 4.53. The van der Waals surface area contributed by atoms with Gasteiger partial charge < -0.3 is 14.7 Å². The number of hydrogen-bond donors (Lipinski definition) is 1. The quantitative estimate of drug-likeness (QED) is 0.650. The maximum absolute atomic E-state index is 12.0. The maximum atomic E-state index is 12.0. The molecule has 2 atom stereocenters. The molecule has 1 aromatic heterocycles. The van der Waals surface area contributed by atoms with Gasteiger partial charge in [0.2, 0.25) is 5.91 Å². The topological polar surface area (TPSA) is 110 Å². The Morgan fingerprint density at radius 1 is 1.62 bits per heavy atom. The molecule has 1 aliphatic rings. The lowest BCUT2D eigenvalue weighted by Crippen LogP contribution is -2.51. The van der Waals surface area contributed by atoms with Gasteiger partial charge in [-0.3, -0.25) is 14.9 Å². The Morgan fingerprint density at radius 3 is 2.86 bits per heavy atom. The molecule has 2 heterocycles. The van der Waals surface area contributed by atoms with E-state index in [1.54, 1.807) is 0 Å². The zero-order valence-electron chi connectivity index (χ0n) is 11.2. The molecule has 1 N–H and O–H groups in total. The number of thiophene rings is 1. The highest BCUT2D eigenvalue weighted by Crippen LogP contribution is 2.37. The van der Waals surface area contributed by atoms with E-state index < -0.39 is 23.0 Å². The van der Waals surface area contributed by atoms with Crippen LogP contribution in [0.25, 0.3) is 0 Å². The molecule has 1 fully saturated rings. The van der Waals surface area contributed by atoms with Crippen molar-refractivity contribution >= 4 is 28.2 Å². The van der Waals surface area contributed by atoms with E-state index in [1.807, 2.05) is 6.92 Å². The van der Waals surface area contributed by atoms with Gasteiger partial charge in [-0.1, -0.05) is 18.3 Å². The number of nitro groups is 1. The van der Waals surface area contributed by atoms with Crippen LogP contribution < -0.4 is 0 Å². The average molecular weight is 314 g/mol. The Hall–Kier alpha value is -2.00. The van der Waals surface area contributed by atoms with E-state index in [9.17, 15) is 24.8 Å². The van der Waals surface area contributed by atoms with Crippen molar-refractivity contribution in [2.75, 3.05) is 13.2 Å². The third-order valence-corrected chi connectivity index (χ3v) is 4.23. The van der Waals surface area contributed by atoms with Crippen molar-refractivity contribution in [1.29, 1.82) is 0 Å². The van der Waals surface area contributed by atoms with Crippen molar-refractivity contribution in [3.8, 4) is 0 Å². The molecule has 0 radical (unpaired) electrons. The van der Waals surface area contributed by atoms with E-state index in [2.05, 4.69) is 0 Å². The predicted octanol–water partition coefficient (Wildman–Crippen LogP) is 1.42. The summed E-state index contributed by atoms with van der Waals surface area (Å²) in [6.07, 6.45) is -0.560. The molecule has 1 amide bonds. The number of ether oxygens (including phenoxy) is 1. The van der Waals surface area contributed by atoms with Gasteiger partial charge in [0.05, 0.1) is 4.92 Å². The summed E-state index contributed by atoms with van der Waals surface area (Å²) in [7, 11) is 0. The molecule has 1 saturated heterocycles. The number of aliphatic carboxylic acids is 1.